The molecule has 3 rings (SSSR count). The predicted molar refractivity (Wildman–Crippen MR) is 104 cm³/mol. The van der Waals surface area contributed by atoms with E-state index in [1.165, 1.54) is 14.0 Å². The first-order chi connectivity index (χ1) is 13.7. The summed E-state index contributed by atoms with van der Waals surface area (Å²) < 4.78 is 45.6. The number of alkyl halides is 3. The topological polar surface area (TPSA) is 50.6 Å². The number of benzene rings is 1. The zero-order valence-corrected chi connectivity index (χ0v) is 17.2. The number of rotatable bonds is 5. The summed E-state index contributed by atoms with van der Waals surface area (Å²) in [5, 5.41) is 3.59. The molecule has 1 aromatic carbocycles. The number of methoxy groups -OCH3 is 1. The Morgan fingerprint density at radius 2 is 1.86 bits per heavy atom. The molecule has 0 saturated carbocycles. The highest BCUT2D eigenvalue weighted by Crippen LogP contribution is 2.36. The van der Waals surface area contributed by atoms with Crippen LogP contribution in [0.1, 0.15) is 17.6 Å². The van der Waals surface area contributed by atoms with E-state index in [0.29, 0.717) is 43.2 Å². The third-order valence-corrected chi connectivity index (χ3v) is 5.67. The number of carbonyl (C=O) groups is 1. The first kappa shape index (κ1) is 21.7. The van der Waals surface area contributed by atoms with E-state index in [1.807, 2.05) is 12.1 Å². The minimum absolute atomic E-state index is 0.0981. The van der Waals surface area contributed by atoms with Gasteiger partial charge in [0.25, 0.3) is 0 Å². The fraction of sp³-hybridized carbons (Fsp3) is 0.444. The van der Waals surface area contributed by atoms with E-state index >= 15 is 0 Å². The van der Waals surface area contributed by atoms with Gasteiger partial charge in [-0.05, 0) is 19.1 Å². The van der Waals surface area contributed by atoms with Crippen molar-refractivity contribution in [3.63, 3.8) is 0 Å². The standard InChI is InChI=1S/C18H19Cl2F3N4O2/c1-11-16(20)17(18(21,22)23)24-27(11)15(10-28)26-7-5-25(6-8-26)12-3-4-13(19)14(9-12)29-2/h3-4,9-10,15H,5-8H2,1-2H3. The number of anilines is 1. The Balaban J connectivity index is 1.77. The van der Waals surface area contributed by atoms with Crippen molar-refractivity contribution >= 4 is 35.2 Å². The summed E-state index contributed by atoms with van der Waals surface area (Å²) in [6, 6.07) is 5.43. The Hall–Kier alpha value is -1.97. The fourth-order valence-electron chi connectivity index (χ4n) is 3.33. The van der Waals surface area contributed by atoms with E-state index in [4.69, 9.17) is 27.9 Å². The second kappa shape index (κ2) is 8.41. The van der Waals surface area contributed by atoms with E-state index in [1.54, 1.807) is 11.0 Å². The van der Waals surface area contributed by atoms with Crippen molar-refractivity contribution in [2.24, 2.45) is 0 Å². The van der Waals surface area contributed by atoms with Crippen LogP contribution in [0.2, 0.25) is 10.0 Å². The van der Waals surface area contributed by atoms with Crippen molar-refractivity contribution < 1.29 is 22.7 Å². The van der Waals surface area contributed by atoms with Crippen molar-refractivity contribution in [1.82, 2.24) is 14.7 Å². The normalized spacial score (nSPS) is 16.7. The zero-order valence-electron chi connectivity index (χ0n) is 15.7. The number of aromatic nitrogens is 2. The minimum atomic E-state index is -4.69. The van der Waals surface area contributed by atoms with Gasteiger partial charge in [0.15, 0.2) is 18.1 Å². The van der Waals surface area contributed by atoms with Crippen LogP contribution in [0.5, 0.6) is 5.75 Å². The van der Waals surface area contributed by atoms with Gasteiger partial charge in [-0.25, -0.2) is 4.68 Å². The Kier molecular flexibility index (Phi) is 6.30. The molecule has 1 aliphatic rings. The molecule has 1 aliphatic heterocycles. The molecule has 0 aliphatic carbocycles. The molecule has 0 N–H and O–H groups in total. The van der Waals surface area contributed by atoms with Crippen LogP contribution in [0.3, 0.4) is 0 Å². The maximum Gasteiger partial charge on any atom is 0.436 e. The molecule has 158 valence electrons. The quantitative estimate of drug-likeness (QED) is 0.643. The molecule has 0 amide bonds. The summed E-state index contributed by atoms with van der Waals surface area (Å²) in [5.74, 6) is 0.554. The molecule has 1 atom stereocenters. The third-order valence-electron chi connectivity index (χ3n) is 4.91. The molecule has 1 unspecified atom stereocenters. The number of hydrogen-bond acceptors (Lipinski definition) is 5. The highest BCUT2D eigenvalue weighted by molar-refractivity contribution is 6.32. The molecule has 11 heteroatoms. The molecule has 1 aromatic heterocycles. The average Bonchev–Trinajstić information content (AvgIpc) is 2.99. The van der Waals surface area contributed by atoms with Crippen molar-refractivity contribution in [3.8, 4) is 5.75 Å². The molecule has 1 fully saturated rings. The minimum Gasteiger partial charge on any atom is -0.495 e. The summed E-state index contributed by atoms with van der Waals surface area (Å²) in [6.07, 6.45) is -5.07. The van der Waals surface area contributed by atoms with E-state index in [9.17, 15) is 18.0 Å². The van der Waals surface area contributed by atoms with Crippen molar-refractivity contribution in [3.05, 3.63) is 39.6 Å². The van der Waals surface area contributed by atoms with Gasteiger partial charge in [-0.3, -0.25) is 9.69 Å². The van der Waals surface area contributed by atoms with Crippen LogP contribution < -0.4 is 9.64 Å². The van der Waals surface area contributed by atoms with Crippen molar-refractivity contribution in [2.75, 3.05) is 38.2 Å². The van der Waals surface area contributed by atoms with Gasteiger partial charge >= 0.3 is 6.18 Å². The Morgan fingerprint density at radius 1 is 1.21 bits per heavy atom. The van der Waals surface area contributed by atoms with Crippen LogP contribution in [0.25, 0.3) is 0 Å². The van der Waals surface area contributed by atoms with Crippen LogP contribution in [0.15, 0.2) is 18.2 Å². The molecular formula is C18H19Cl2F3N4O2. The Bertz CT molecular complexity index is 896. The fourth-order valence-corrected chi connectivity index (χ4v) is 3.75. The van der Waals surface area contributed by atoms with E-state index in [-0.39, 0.29) is 5.69 Å². The largest absolute Gasteiger partial charge is 0.495 e. The third kappa shape index (κ3) is 4.31. The molecule has 29 heavy (non-hydrogen) atoms. The molecule has 6 nitrogen and oxygen atoms in total. The second-order valence-electron chi connectivity index (χ2n) is 6.58. The summed E-state index contributed by atoms with van der Waals surface area (Å²) in [6.45, 7) is 3.45. The number of carbonyl (C=O) groups excluding carboxylic acids is 1. The van der Waals surface area contributed by atoms with E-state index in [2.05, 4.69) is 10.00 Å². The van der Waals surface area contributed by atoms with Crippen LogP contribution in [-0.4, -0.2) is 54.3 Å². The first-order valence-corrected chi connectivity index (χ1v) is 9.52. The van der Waals surface area contributed by atoms with Crippen LogP contribution in [0, 0.1) is 6.92 Å². The lowest BCUT2D eigenvalue weighted by molar-refractivity contribution is -0.142. The van der Waals surface area contributed by atoms with Crippen molar-refractivity contribution in [2.45, 2.75) is 19.3 Å². The van der Waals surface area contributed by atoms with Crippen molar-refractivity contribution in [1.29, 1.82) is 0 Å². The van der Waals surface area contributed by atoms with Gasteiger partial charge in [-0.15, -0.1) is 0 Å². The second-order valence-corrected chi connectivity index (χ2v) is 7.37. The van der Waals surface area contributed by atoms with E-state index in [0.717, 1.165) is 10.4 Å². The maximum absolute atomic E-state index is 13.1. The summed E-state index contributed by atoms with van der Waals surface area (Å²) >= 11 is 11.9. The smallest absolute Gasteiger partial charge is 0.436 e. The number of halogens is 5. The molecule has 0 bridgehead atoms. The van der Waals surface area contributed by atoms with Gasteiger partial charge in [0.1, 0.15) is 5.75 Å². The van der Waals surface area contributed by atoms with E-state index < -0.39 is 23.1 Å². The SMILES string of the molecule is COc1cc(N2CCN(C(C=O)n3nc(C(F)(F)F)c(Cl)c3C)CC2)ccc1Cl. The monoisotopic (exact) mass is 450 g/mol. The van der Waals surface area contributed by atoms with Gasteiger partial charge in [-0.1, -0.05) is 23.2 Å². The van der Waals surface area contributed by atoms with Crippen LogP contribution >= 0.6 is 23.2 Å². The maximum atomic E-state index is 13.1. The molecule has 1 saturated heterocycles. The summed E-state index contributed by atoms with van der Waals surface area (Å²) in [4.78, 5) is 15.6. The van der Waals surface area contributed by atoms with Gasteiger partial charge in [0.2, 0.25) is 0 Å². The Morgan fingerprint density at radius 3 is 2.38 bits per heavy atom. The molecule has 0 spiro atoms. The lowest BCUT2D eigenvalue weighted by atomic mass is 10.2. The highest BCUT2D eigenvalue weighted by Gasteiger charge is 2.39. The molecule has 2 heterocycles. The van der Waals surface area contributed by atoms with Gasteiger partial charge < -0.3 is 9.64 Å². The summed E-state index contributed by atoms with van der Waals surface area (Å²) in [5.41, 5.74) is -0.178. The number of hydrogen-bond donors (Lipinski definition) is 0. The predicted octanol–water partition coefficient (Wildman–Crippen LogP) is 4.05. The molecular weight excluding hydrogens is 432 g/mol. The number of nitrogens with zero attached hydrogens (tertiary/aromatic N) is 4. The number of piperazine rings is 1. The summed E-state index contributed by atoms with van der Waals surface area (Å²) in [7, 11) is 1.53. The lowest BCUT2D eigenvalue weighted by Crippen LogP contribution is -2.49. The lowest BCUT2D eigenvalue weighted by Gasteiger charge is -2.38. The molecule has 2 aromatic rings. The average molecular weight is 451 g/mol. The van der Waals surface area contributed by atoms with Gasteiger partial charge in [0.05, 0.1) is 22.8 Å². The Labute approximate surface area is 175 Å². The highest BCUT2D eigenvalue weighted by atomic mass is 35.5. The van der Waals surface area contributed by atoms with Crippen LogP contribution in [-0.2, 0) is 11.0 Å². The number of ether oxygens (including phenoxy) is 1. The van der Waals surface area contributed by atoms with Gasteiger partial charge in [0, 0.05) is 37.9 Å². The first-order valence-electron chi connectivity index (χ1n) is 8.77. The molecule has 0 radical (unpaired) electrons. The number of aldehydes is 1. The van der Waals surface area contributed by atoms with Gasteiger partial charge in [-0.2, -0.15) is 18.3 Å². The zero-order chi connectivity index (χ0) is 21.3. The van der Waals surface area contributed by atoms with Crippen LogP contribution in [0.4, 0.5) is 18.9 Å².